The van der Waals surface area contributed by atoms with Gasteiger partial charge in [0.1, 0.15) is 0 Å². The van der Waals surface area contributed by atoms with Crippen LogP contribution < -0.4 is 0 Å². The van der Waals surface area contributed by atoms with Crippen LogP contribution in [0.5, 0.6) is 0 Å². The van der Waals surface area contributed by atoms with E-state index in [1.165, 1.54) is 18.2 Å². The van der Waals surface area contributed by atoms with Crippen molar-refractivity contribution in [3.8, 4) is 0 Å². The molecule has 3 rings (SSSR count). The summed E-state index contributed by atoms with van der Waals surface area (Å²) in [5, 5.41) is 0.502. The number of imide groups is 1. The van der Waals surface area contributed by atoms with E-state index in [0.29, 0.717) is 10.6 Å². The number of amides is 2. The molecule has 0 bridgehead atoms. The van der Waals surface area contributed by atoms with Gasteiger partial charge in [0.05, 0.1) is 11.1 Å². The molecule has 2 aromatic rings. The van der Waals surface area contributed by atoms with Gasteiger partial charge in [0.25, 0.3) is 11.8 Å². The minimum Gasteiger partial charge on any atom is -0.325 e. The summed E-state index contributed by atoms with van der Waals surface area (Å²) < 4.78 is 0. The van der Waals surface area contributed by atoms with Gasteiger partial charge in [0.15, 0.2) is 0 Å². The first kappa shape index (κ1) is 14.7. The minimum atomic E-state index is -0.777. The van der Waals surface area contributed by atoms with Crippen LogP contribution in [0.1, 0.15) is 33.2 Å². The van der Waals surface area contributed by atoms with Crippen molar-refractivity contribution in [2.24, 2.45) is 0 Å². The molecule has 0 aliphatic carbocycles. The van der Waals surface area contributed by atoms with Gasteiger partial charge in [-0.2, -0.15) is 0 Å². The lowest BCUT2D eigenvalue weighted by atomic mass is 10.1. The number of fused-ring (bicyclic) bond motifs is 1. The summed E-state index contributed by atoms with van der Waals surface area (Å²) in [5.74, 6) is -2.05. The molecular formula is C18H13NO4. The highest BCUT2D eigenvalue weighted by molar-refractivity contribution is 6.21. The molecule has 5 nitrogen and oxygen atoms in total. The molecule has 0 saturated carbocycles. The number of carbonyl (C=O) groups excluding carboxylic acids is 3. The first-order valence-corrected chi connectivity index (χ1v) is 7.01. The Morgan fingerprint density at radius 3 is 2.00 bits per heavy atom. The van der Waals surface area contributed by atoms with Gasteiger partial charge >= 0.3 is 5.97 Å². The first-order chi connectivity index (χ1) is 11.1. The average molecular weight is 307 g/mol. The maximum atomic E-state index is 12.1. The number of hydrogen-bond acceptors (Lipinski definition) is 4. The summed E-state index contributed by atoms with van der Waals surface area (Å²) in [6.45, 7) is 1.75. The molecule has 0 fully saturated rings. The van der Waals surface area contributed by atoms with E-state index in [9.17, 15) is 14.4 Å². The number of hydroxylamine groups is 2. The summed E-state index contributed by atoms with van der Waals surface area (Å²) in [5.41, 5.74) is 1.99. The van der Waals surface area contributed by atoms with Crippen molar-refractivity contribution >= 4 is 23.4 Å². The lowest BCUT2D eigenvalue weighted by Gasteiger charge is -2.11. The average Bonchev–Trinajstić information content (AvgIpc) is 2.81. The summed E-state index contributed by atoms with van der Waals surface area (Å²) in [6.07, 6.45) is 1.25. The Kier molecular flexibility index (Phi) is 3.76. The molecular weight excluding hydrogens is 294 g/mol. The van der Waals surface area contributed by atoms with Crippen LogP contribution in [0.4, 0.5) is 0 Å². The van der Waals surface area contributed by atoms with E-state index in [0.717, 1.165) is 5.56 Å². The summed E-state index contributed by atoms with van der Waals surface area (Å²) >= 11 is 0. The molecule has 114 valence electrons. The Morgan fingerprint density at radius 1 is 0.913 bits per heavy atom. The quantitative estimate of drug-likeness (QED) is 0.646. The zero-order chi connectivity index (χ0) is 16.4. The second-order valence-electron chi connectivity index (χ2n) is 5.05. The first-order valence-electron chi connectivity index (χ1n) is 7.01. The standard InChI is InChI=1S/C18H13NO4/c1-12(13-7-3-2-4-8-13)11-16(20)23-19-17(21)14-9-5-6-10-15(14)18(19)22/h2-11H,1H3/b12-11+. The molecule has 5 heteroatoms. The van der Waals surface area contributed by atoms with Crippen molar-refractivity contribution in [2.75, 3.05) is 0 Å². The maximum absolute atomic E-state index is 12.1. The van der Waals surface area contributed by atoms with Crippen LogP contribution in [0.25, 0.3) is 5.57 Å². The zero-order valence-corrected chi connectivity index (χ0v) is 12.4. The van der Waals surface area contributed by atoms with Gasteiger partial charge in [-0.05, 0) is 30.2 Å². The van der Waals surface area contributed by atoms with Crippen LogP contribution in [0.3, 0.4) is 0 Å². The van der Waals surface area contributed by atoms with Gasteiger partial charge in [0, 0.05) is 6.08 Å². The molecule has 23 heavy (non-hydrogen) atoms. The van der Waals surface area contributed by atoms with Gasteiger partial charge in [-0.1, -0.05) is 47.5 Å². The Labute approximate surface area is 132 Å². The molecule has 0 aromatic heterocycles. The molecule has 2 amide bonds. The lowest BCUT2D eigenvalue weighted by molar-refractivity contribution is -0.162. The third-order valence-electron chi connectivity index (χ3n) is 3.50. The van der Waals surface area contributed by atoms with Crippen LogP contribution in [-0.4, -0.2) is 22.8 Å². The van der Waals surface area contributed by atoms with Gasteiger partial charge < -0.3 is 4.84 Å². The predicted octanol–water partition coefficient (Wildman–Crippen LogP) is 2.84. The van der Waals surface area contributed by atoms with Gasteiger partial charge in [-0.3, -0.25) is 9.59 Å². The lowest BCUT2D eigenvalue weighted by Crippen LogP contribution is -2.32. The second kappa shape index (κ2) is 5.88. The fourth-order valence-corrected chi connectivity index (χ4v) is 2.33. The topological polar surface area (TPSA) is 63.7 Å². The number of benzene rings is 2. The van der Waals surface area contributed by atoms with Crippen molar-refractivity contribution in [3.05, 3.63) is 77.4 Å². The van der Waals surface area contributed by atoms with Crippen LogP contribution in [0, 0.1) is 0 Å². The monoisotopic (exact) mass is 307 g/mol. The van der Waals surface area contributed by atoms with Crippen LogP contribution in [-0.2, 0) is 9.63 Å². The fraction of sp³-hybridized carbons (Fsp3) is 0.0556. The number of rotatable bonds is 3. The molecule has 0 atom stereocenters. The van der Waals surface area contributed by atoms with E-state index in [-0.39, 0.29) is 11.1 Å². The Morgan fingerprint density at radius 2 is 1.43 bits per heavy atom. The fourth-order valence-electron chi connectivity index (χ4n) is 2.33. The van der Waals surface area contributed by atoms with Crippen LogP contribution in [0.2, 0.25) is 0 Å². The zero-order valence-electron chi connectivity index (χ0n) is 12.4. The normalized spacial score (nSPS) is 14.0. The van der Waals surface area contributed by atoms with Crippen molar-refractivity contribution in [2.45, 2.75) is 6.92 Å². The van der Waals surface area contributed by atoms with E-state index in [1.807, 2.05) is 30.3 Å². The number of allylic oxidation sites excluding steroid dienone is 1. The summed E-state index contributed by atoms with van der Waals surface area (Å²) in [4.78, 5) is 41.1. The highest BCUT2D eigenvalue weighted by Gasteiger charge is 2.38. The van der Waals surface area contributed by atoms with Crippen LogP contribution >= 0.6 is 0 Å². The highest BCUT2D eigenvalue weighted by atomic mass is 16.7. The Hall–Kier alpha value is -3.21. The molecule has 0 saturated heterocycles. The van der Waals surface area contributed by atoms with E-state index in [2.05, 4.69) is 0 Å². The minimum absolute atomic E-state index is 0.231. The molecule has 0 N–H and O–H groups in total. The van der Waals surface area contributed by atoms with Crippen molar-refractivity contribution in [1.29, 1.82) is 0 Å². The van der Waals surface area contributed by atoms with E-state index in [1.54, 1.807) is 19.1 Å². The molecule has 1 aliphatic rings. The molecule has 0 radical (unpaired) electrons. The highest BCUT2D eigenvalue weighted by Crippen LogP contribution is 2.23. The number of hydrogen-bond donors (Lipinski definition) is 0. The van der Waals surface area contributed by atoms with Crippen molar-refractivity contribution in [1.82, 2.24) is 5.06 Å². The third kappa shape index (κ3) is 2.76. The Bertz CT molecular complexity index is 789. The molecule has 0 unspecified atom stereocenters. The molecule has 1 aliphatic heterocycles. The maximum Gasteiger partial charge on any atom is 0.357 e. The van der Waals surface area contributed by atoms with Crippen LogP contribution in [0.15, 0.2) is 60.7 Å². The summed E-state index contributed by atoms with van der Waals surface area (Å²) in [7, 11) is 0. The van der Waals surface area contributed by atoms with E-state index in [4.69, 9.17) is 4.84 Å². The molecule has 0 spiro atoms. The molecule has 2 aromatic carbocycles. The SMILES string of the molecule is C/C(=C\C(=O)ON1C(=O)c2ccccc2C1=O)c1ccccc1. The van der Waals surface area contributed by atoms with Gasteiger partial charge in [-0.25, -0.2) is 4.79 Å². The van der Waals surface area contributed by atoms with E-state index < -0.39 is 17.8 Å². The smallest absolute Gasteiger partial charge is 0.325 e. The third-order valence-corrected chi connectivity index (χ3v) is 3.50. The molecule has 1 heterocycles. The predicted molar refractivity (Wildman–Crippen MR) is 83.1 cm³/mol. The van der Waals surface area contributed by atoms with Gasteiger partial charge in [0.2, 0.25) is 0 Å². The largest absolute Gasteiger partial charge is 0.357 e. The second-order valence-corrected chi connectivity index (χ2v) is 5.05. The van der Waals surface area contributed by atoms with E-state index >= 15 is 0 Å². The summed E-state index contributed by atoms with van der Waals surface area (Å²) in [6, 6.07) is 15.6. The van der Waals surface area contributed by atoms with Crippen molar-refractivity contribution in [3.63, 3.8) is 0 Å². The Balaban J connectivity index is 1.77. The number of nitrogens with zero attached hydrogens (tertiary/aromatic N) is 1. The van der Waals surface area contributed by atoms with Crippen molar-refractivity contribution < 1.29 is 19.2 Å². The van der Waals surface area contributed by atoms with Gasteiger partial charge in [-0.15, -0.1) is 0 Å². The number of carbonyl (C=O) groups is 3.